The van der Waals surface area contributed by atoms with Crippen LogP contribution in [0.25, 0.3) is 5.57 Å². The molecule has 0 aliphatic carbocycles. The van der Waals surface area contributed by atoms with Gasteiger partial charge in [0, 0.05) is 16.3 Å². The number of ether oxygens (including phenoxy) is 2. The number of rotatable bonds is 9. The van der Waals surface area contributed by atoms with Crippen molar-refractivity contribution in [3.8, 4) is 5.75 Å². The summed E-state index contributed by atoms with van der Waals surface area (Å²) in [5, 5.41) is 3.82. The molecule has 2 aromatic rings. The summed E-state index contributed by atoms with van der Waals surface area (Å²) in [7, 11) is 0. The second-order valence-electron chi connectivity index (χ2n) is 7.14. The fourth-order valence-corrected chi connectivity index (χ4v) is 3.67. The molecule has 0 fully saturated rings. The van der Waals surface area contributed by atoms with Crippen LogP contribution in [-0.2, 0) is 14.3 Å². The Morgan fingerprint density at radius 3 is 2.35 bits per heavy atom. The van der Waals surface area contributed by atoms with Crippen LogP contribution in [0, 0.1) is 0 Å². The first-order chi connectivity index (χ1) is 14.8. The van der Waals surface area contributed by atoms with E-state index in [9.17, 15) is 9.59 Å². The number of carbonyl (C=O) groups excluding carboxylic acids is 2. The van der Waals surface area contributed by atoms with Gasteiger partial charge >= 0.3 is 0 Å². The van der Waals surface area contributed by atoms with Gasteiger partial charge < -0.3 is 14.8 Å². The van der Waals surface area contributed by atoms with Gasteiger partial charge in [0.15, 0.2) is 0 Å². The number of imide groups is 1. The zero-order valence-electron chi connectivity index (χ0n) is 17.6. The molecular formula is C23H24Cl2N2O4. The predicted octanol–water partition coefficient (Wildman–Crippen LogP) is 5.01. The molecule has 0 bridgehead atoms. The lowest BCUT2D eigenvalue weighted by atomic mass is 10.0. The topological polar surface area (TPSA) is 67.9 Å². The van der Waals surface area contributed by atoms with Crippen molar-refractivity contribution in [2.45, 2.75) is 26.9 Å². The van der Waals surface area contributed by atoms with Crippen LogP contribution in [0.3, 0.4) is 0 Å². The molecular weight excluding hydrogens is 439 g/mol. The molecule has 1 N–H and O–H groups in total. The highest BCUT2D eigenvalue weighted by Gasteiger charge is 2.39. The van der Waals surface area contributed by atoms with E-state index in [1.165, 1.54) is 4.90 Å². The Hall–Kier alpha value is -2.54. The van der Waals surface area contributed by atoms with Gasteiger partial charge in [-0.1, -0.05) is 29.3 Å². The first kappa shape index (κ1) is 23.1. The Balaban J connectivity index is 1.96. The average Bonchev–Trinajstić information content (AvgIpc) is 2.94. The number of nitrogens with one attached hydrogen (secondary N) is 1. The molecule has 8 heteroatoms. The van der Waals surface area contributed by atoms with E-state index in [-0.39, 0.29) is 35.5 Å². The highest BCUT2D eigenvalue weighted by Crippen LogP contribution is 2.35. The first-order valence-electron chi connectivity index (χ1n) is 9.99. The van der Waals surface area contributed by atoms with Crippen molar-refractivity contribution in [2.75, 3.05) is 25.1 Å². The third kappa shape index (κ3) is 5.39. The van der Waals surface area contributed by atoms with Gasteiger partial charge in [-0.25, -0.2) is 0 Å². The SMILES string of the molecule is CCOc1ccc(NC2=C(c3ccc(Cl)cc3Cl)C(=O)N(CCOC(C)C)C2=O)cc1. The standard InChI is InChI=1S/C23H24Cl2N2O4/c1-4-30-17-8-6-16(7-9-17)26-21-20(18-10-5-15(24)13-19(18)25)22(28)27(23(21)29)11-12-31-14(2)3/h5-10,13-14,26H,4,11-12H2,1-3H3. The second-order valence-corrected chi connectivity index (χ2v) is 7.98. The van der Waals surface area contributed by atoms with E-state index in [1.54, 1.807) is 42.5 Å². The molecule has 1 heterocycles. The molecule has 1 aliphatic heterocycles. The zero-order chi connectivity index (χ0) is 22.5. The summed E-state index contributed by atoms with van der Waals surface area (Å²) in [6.45, 7) is 6.62. The van der Waals surface area contributed by atoms with Crippen LogP contribution in [-0.4, -0.2) is 42.6 Å². The van der Waals surface area contributed by atoms with Crippen molar-refractivity contribution in [1.82, 2.24) is 4.90 Å². The van der Waals surface area contributed by atoms with Gasteiger partial charge in [0.1, 0.15) is 11.4 Å². The van der Waals surface area contributed by atoms with Gasteiger partial charge in [-0.3, -0.25) is 14.5 Å². The fraction of sp³-hybridized carbons (Fsp3) is 0.304. The molecule has 1 aliphatic rings. The lowest BCUT2D eigenvalue weighted by molar-refractivity contribution is -0.137. The summed E-state index contributed by atoms with van der Waals surface area (Å²) in [4.78, 5) is 27.5. The maximum absolute atomic E-state index is 13.2. The molecule has 0 radical (unpaired) electrons. The van der Waals surface area contributed by atoms with Crippen molar-refractivity contribution in [1.29, 1.82) is 0 Å². The van der Waals surface area contributed by atoms with Crippen LogP contribution in [0.15, 0.2) is 48.2 Å². The lowest BCUT2D eigenvalue weighted by Crippen LogP contribution is -2.35. The Morgan fingerprint density at radius 2 is 1.74 bits per heavy atom. The molecule has 0 saturated heterocycles. The molecule has 0 saturated carbocycles. The molecule has 31 heavy (non-hydrogen) atoms. The van der Waals surface area contributed by atoms with Crippen molar-refractivity contribution in [3.05, 3.63) is 63.8 Å². The van der Waals surface area contributed by atoms with Crippen LogP contribution in [0.5, 0.6) is 5.75 Å². The molecule has 2 amide bonds. The summed E-state index contributed by atoms with van der Waals surface area (Å²) in [5.41, 5.74) is 1.43. The average molecular weight is 463 g/mol. The summed E-state index contributed by atoms with van der Waals surface area (Å²) in [6.07, 6.45) is -0.00704. The van der Waals surface area contributed by atoms with Gasteiger partial charge in [-0.05, 0) is 57.2 Å². The number of carbonyl (C=O) groups is 2. The third-order valence-corrected chi connectivity index (χ3v) is 5.12. The van der Waals surface area contributed by atoms with Crippen LogP contribution >= 0.6 is 23.2 Å². The summed E-state index contributed by atoms with van der Waals surface area (Å²) >= 11 is 12.4. The molecule has 3 rings (SSSR count). The summed E-state index contributed by atoms with van der Waals surface area (Å²) in [6, 6.07) is 11.9. The Kier molecular flexibility index (Phi) is 7.59. The highest BCUT2D eigenvalue weighted by molar-refractivity contribution is 6.41. The Labute approximate surface area is 191 Å². The van der Waals surface area contributed by atoms with Gasteiger partial charge in [0.25, 0.3) is 11.8 Å². The minimum absolute atomic E-state index is 0.00704. The molecule has 0 spiro atoms. The van der Waals surface area contributed by atoms with Crippen molar-refractivity contribution >= 4 is 46.3 Å². The highest BCUT2D eigenvalue weighted by atomic mass is 35.5. The number of halogens is 2. The Bertz CT molecular complexity index is 1000. The molecule has 164 valence electrons. The van der Waals surface area contributed by atoms with Gasteiger partial charge in [0.2, 0.25) is 0 Å². The number of nitrogens with zero attached hydrogens (tertiary/aromatic N) is 1. The van der Waals surface area contributed by atoms with Gasteiger partial charge in [0.05, 0.1) is 36.5 Å². The molecule has 0 atom stereocenters. The molecule has 2 aromatic carbocycles. The first-order valence-corrected chi connectivity index (χ1v) is 10.7. The van der Waals surface area contributed by atoms with E-state index in [0.717, 1.165) is 0 Å². The maximum Gasteiger partial charge on any atom is 0.278 e. The number of benzene rings is 2. The molecule has 6 nitrogen and oxygen atoms in total. The quantitative estimate of drug-likeness (QED) is 0.530. The fourth-order valence-electron chi connectivity index (χ4n) is 3.16. The van der Waals surface area contributed by atoms with E-state index in [4.69, 9.17) is 32.7 Å². The lowest BCUT2D eigenvalue weighted by Gasteiger charge is -2.16. The number of anilines is 1. The molecule has 0 unspecified atom stereocenters. The number of hydrogen-bond acceptors (Lipinski definition) is 5. The minimum atomic E-state index is -0.438. The van der Waals surface area contributed by atoms with E-state index < -0.39 is 11.8 Å². The predicted molar refractivity (Wildman–Crippen MR) is 122 cm³/mol. The van der Waals surface area contributed by atoms with Gasteiger partial charge in [-0.2, -0.15) is 0 Å². The van der Waals surface area contributed by atoms with Crippen LogP contribution in [0.4, 0.5) is 5.69 Å². The van der Waals surface area contributed by atoms with E-state index in [0.29, 0.717) is 28.6 Å². The van der Waals surface area contributed by atoms with Crippen LogP contribution in [0.2, 0.25) is 10.0 Å². The largest absolute Gasteiger partial charge is 0.494 e. The van der Waals surface area contributed by atoms with E-state index >= 15 is 0 Å². The monoisotopic (exact) mass is 462 g/mol. The van der Waals surface area contributed by atoms with E-state index in [1.807, 2.05) is 20.8 Å². The summed E-state index contributed by atoms with van der Waals surface area (Å²) < 4.78 is 11.0. The maximum atomic E-state index is 13.2. The van der Waals surface area contributed by atoms with Crippen LogP contribution < -0.4 is 10.1 Å². The zero-order valence-corrected chi connectivity index (χ0v) is 19.1. The van der Waals surface area contributed by atoms with E-state index in [2.05, 4.69) is 5.32 Å². The van der Waals surface area contributed by atoms with Crippen LogP contribution in [0.1, 0.15) is 26.3 Å². The summed E-state index contributed by atoms with van der Waals surface area (Å²) in [5.74, 6) is -0.161. The van der Waals surface area contributed by atoms with Crippen molar-refractivity contribution in [2.24, 2.45) is 0 Å². The smallest absolute Gasteiger partial charge is 0.278 e. The normalized spacial score (nSPS) is 14.1. The second kappa shape index (κ2) is 10.2. The van der Waals surface area contributed by atoms with Crippen molar-refractivity contribution in [3.63, 3.8) is 0 Å². The number of amides is 2. The van der Waals surface area contributed by atoms with Crippen molar-refractivity contribution < 1.29 is 19.1 Å². The Morgan fingerprint density at radius 1 is 1.03 bits per heavy atom. The number of hydrogen-bond donors (Lipinski definition) is 1. The molecule has 0 aromatic heterocycles. The van der Waals surface area contributed by atoms with Gasteiger partial charge in [-0.15, -0.1) is 0 Å². The third-order valence-electron chi connectivity index (χ3n) is 4.57. The minimum Gasteiger partial charge on any atom is -0.494 e.